The number of carbonyl (C=O) groups excluding carboxylic acids is 1. The number of fused-ring (bicyclic) bond motifs is 1. The van der Waals surface area contributed by atoms with Crippen LogP contribution in [0, 0.1) is 0 Å². The summed E-state index contributed by atoms with van der Waals surface area (Å²) in [5, 5.41) is 9.95. The second-order valence-corrected chi connectivity index (χ2v) is 5.68. The van der Waals surface area contributed by atoms with Crippen molar-refractivity contribution in [3.8, 4) is 0 Å². The summed E-state index contributed by atoms with van der Waals surface area (Å²) in [5.41, 5.74) is 0.478. The zero-order chi connectivity index (χ0) is 15.0. The SMILES string of the molecule is CC1(C)O[C@H]2[C@H](O1)[C@@H](O)C=C[C@@H]2OC(=O)c1ccccc1. The van der Waals surface area contributed by atoms with Gasteiger partial charge >= 0.3 is 5.97 Å². The average Bonchev–Trinajstić information content (AvgIpc) is 2.79. The Balaban J connectivity index is 1.76. The minimum Gasteiger partial charge on any atom is -0.452 e. The van der Waals surface area contributed by atoms with Gasteiger partial charge in [-0.3, -0.25) is 0 Å². The van der Waals surface area contributed by atoms with Gasteiger partial charge in [0.1, 0.15) is 24.4 Å². The van der Waals surface area contributed by atoms with Crippen molar-refractivity contribution in [3.63, 3.8) is 0 Å². The summed E-state index contributed by atoms with van der Waals surface area (Å²) in [7, 11) is 0. The van der Waals surface area contributed by atoms with E-state index in [1.165, 1.54) is 0 Å². The Morgan fingerprint density at radius 3 is 2.52 bits per heavy atom. The van der Waals surface area contributed by atoms with E-state index in [0.29, 0.717) is 5.56 Å². The molecule has 0 bridgehead atoms. The minimum absolute atomic E-state index is 0.423. The molecule has 112 valence electrons. The van der Waals surface area contributed by atoms with Crippen molar-refractivity contribution in [1.82, 2.24) is 0 Å². The number of hydrogen-bond acceptors (Lipinski definition) is 5. The molecule has 0 unspecified atom stereocenters. The normalized spacial score (nSPS) is 33.5. The third-order valence-corrected chi connectivity index (χ3v) is 3.57. The molecule has 1 aliphatic carbocycles. The molecule has 2 aliphatic rings. The van der Waals surface area contributed by atoms with E-state index < -0.39 is 36.2 Å². The summed E-state index contributed by atoms with van der Waals surface area (Å²) < 4.78 is 16.9. The molecule has 1 N–H and O–H groups in total. The minimum atomic E-state index is -0.806. The van der Waals surface area contributed by atoms with E-state index in [9.17, 15) is 9.90 Å². The van der Waals surface area contributed by atoms with Gasteiger partial charge in [0.05, 0.1) is 5.56 Å². The zero-order valence-corrected chi connectivity index (χ0v) is 11.9. The summed E-state index contributed by atoms with van der Waals surface area (Å²) in [6.45, 7) is 3.54. The Hall–Kier alpha value is -1.69. The van der Waals surface area contributed by atoms with Crippen molar-refractivity contribution < 1.29 is 24.1 Å². The Kier molecular flexibility index (Phi) is 3.57. The fraction of sp³-hybridized carbons (Fsp3) is 0.438. The monoisotopic (exact) mass is 290 g/mol. The molecule has 1 heterocycles. The van der Waals surface area contributed by atoms with E-state index in [-0.39, 0.29) is 0 Å². The molecule has 1 saturated heterocycles. The van der Waals surface area contributed by atoms with Gasteiger partial charge in [0.2, 0.25) is 0 Å². The average molecular weight is 290 g/mol. The first-order valence-electron chi connectivity index (χ1n) is 6.94. The number of carbonyl (C=O) groups is 1. The van der Waals surface area contributed by atoms with Crippen LogP contribution in [0.3, 0.4) is 0 Å². The van der Waals surface area contributed by atoms with Crippen LogP contribution in [0.5, 0.6) is 0 Å². The molecule has 3 rings (SSSR count). The molecule has 0 spiro atoms. The number of ether oxygens (including phenoxy) is 3. The maximum absolute atomic E-state index is 12.1. The molecule has 21 heavy (non-hydrogen) atoms. The second kappa shape index (κ2) is 5.26. The molecule has 1 fully saturated rings. The number of rotatable bonds is 2. The van der Waals surface area contributed by atoms with Gasteiger partial charge in [-0.25, -0.2) is 4.79 Å². The van der Waals surface area contributed by atoms with Gasteiger partial charge in [0.25, 0.3) is 0 Å². The molecule has 4 atom stereocenters. The van der Waals surface area contributed by atoms with Crippen LogP contribution in [0.1, 0.15) is 24.2 Å². The van der Waals surface area contributed by atoms with E-state index in [1.54, 1.807) is 50.3 Å². The lowest BCUT2D eigenvalue weighted by Crippen LogP contribution is -2.46. The van der Waals surface area contributed by atoms with Crippen LogP contribution in [0.4, 0.5) is 0 Å². The summed E-state index contributed by atoms with van der Waals surface area (Å²) in [6.07, 6.45) is 0.856. The van der Waals surface area contributed by atoms with Crippen molar-refractivity contribution in [1.29, 1.82) is 0 Å². The van der Waals surface area contributed by atoms with Crippen molar-refractivity contribution in [2.75, 3.05) is 0 Å². The summed E-state index contributed by atoms with van der Waals surface area (Å²) >= 11 is 0. The molecule has 0 aromatic heterocycles. The Morgan fingerprint density at radius 1 is 1.14 bits per heavy atom. The highest BCUT2D eigenvalue weighted by atomic mass is 16.8. The number of aliphatic hydroxyl groups is 1. The van der Waals surface area contributed by atoms with E-state index in [4.69, 9.17) is 14.2 Å². The summed E-state index contributed by atoms with van der Waals surface area (Å²) in [6, 6.07) is 8.77. The predicted octanol–water partition coefficient (Wildman–Crippen LogP) is 1.66. The van der Waals surface area contributed by atoms with E-state index in [0.717, 1.165) is 0 Å². The third kappa shape index (κ3) is 2.85. The molecule has 1 aromatic carbocycles. The highest BCUT2D eigenvalue weighted by Gasteiger charge is 2.50. The summed E-state index contributed by atoms with van der Waals surface area (Å²) in [5.74, 6) is -1.23. The Labute approximate surface area is 123 Å². The van der Waals surface area contributed by atoms with Crippen LogP contribution in [0.25, 0.3) is 0 Å². The first kappa shape index (κ1) is 14.3. The molecule has 1 aromatic rings. The van der Waals surface area contributed by atoms with Gasteiger partial charge in [-0.15, -0.1) is 0 Å². The van der Waals surface area contributed by atoms with Crippen LogP contribution in [0.15, 0.2) is 42.5 Å². The summed E-state index contributed by atoms with van der Waals surface area (Å²) in [4.78, 5) is 12.1. The predicted molar refractivity (Wildman–Crippen MR) is 74.6 cm³/mol. The lowest BCUT2D eigenvalue weighted by Gasteiger charge is -2.29. The molecule has 1 aliphatic heterocycles. The number of benzene rings is 1. The quantitative estimate of drug-likeness (QED) is 0.663. The number of esters is 1. The standard InChI is InChI=1S/C16H18O5/c1-16(2)20-13-11(17)8-9-12(14(13)21-16)19-15(18)10-6-4-3-5-7-10/h3-9,11-14,17H,1-2H3/t11-,12-,13+,14+/m0/s1. The van der Waals surface area contributed by atoms with E-state index in [2.05, 4.69) is 0 Å². The van der Waals surface area contributed by atoms with Gasteiger partial charge in [0, 0.05) is 0 Å². The maximum Gasteiger partial charge on any atom is 0.338 e. The first-order chi connectivity index (χ1) is 9.96. The largest absolute Gasteiger partial charge is 0.452 e. The van der Waals surface area contributed by atoms with E-state index in [1.807, 2.05) is 6.07 Å². The van der Waals surface area contributed by atoms with Crippen LogP contribution in [-0.4, -0.2) is 41.3 Å². The third-order valence-electron chi connectivity index (χ3n) is 3.57. The smallest absolute Gasteiger partial charge is 0.338 e. The fourth-order valence-corrected chi connectivity index (χ4v) is 2.65. The maximum atomic E-state index is 12.1. The van der Waals surface area contributed by atoms with Crippen molar-refractivity contribution in [2.24, 2.45) is 0 Å². The molecule has 0 radical (unpaired) electrons. The van der Waals surface area contributed by atoms with Gasteiger partial charge < -0.3 is 19.3 Å². The Morgan fingerprint density at radius 2 is 1.81 bits per heavy atom. The van der Waals surface area contributed by atoms with Gasteiger partial charge in [-0.05, 0) is 32.1 Å². The lowest BCUT2D eigenvalue weighted by molar-refractivity contribution is -0.156. The highest BCUT2D eigenvalue weighted by Crippen LogP contribution is 2.35. The van der Waals surface area contributed by atoms with Gasteiger partial charge in [-0.2, -0.15) is 0 Å². The van der Waals surface area contributed by atoms with E-state index >= 15 is 0 Å². The molecule has 5 heteroatoms. The van der Waals surface area contributed by atoms with Crippen LogP contribution < -0.4 is 0 Å². The van der Waals surface area contributed by atoms with Crippen LogP contribution >= 0.6 is 0 Å². The molecule has 5 nitrogen and oxygen atoms in total. The van der Waals surface area contributed by atoms with Crippen molar-refractivity contribution in [3.05, 3.63) is 48.0 Å². The van der Waals surface area contributed by atoms with Gasteiger partial charge in [-0.1, -0.05) is 24.3 Å². The molecular formula is C16H18O5. The topological polar surface area (TPSA) is 65.0 Å². The highest BCUT2D eigenvalue weighted by molar-refractivity contribution is 5.89. The molecule has 0 saturated carbocycles. The zero-order valence-electron chi connectivity index (χ0n) is 11.9. The second-order valence-electron chi connectivity index (χ2n) is 5.68. The molecular weight excluding hydrogens is 272 g/mol. The number of aliphatic hydroxyl groups excluding tert-OH is 1. The van der Waals surface area contributed by atoms with Crippen LogP contribution in [0.2, 0.25) is 0 Å². The van der Waals surface area contributed by atoms with Crippen molar-refractivity contribution in [2.45, 2.75) is 44.1 Å². The number of hydrogen-bond donors (Lipinski definition) is 1. The van der Waals surface area contributed by atoms with Crippen molar-refractivity contribution >= 4 is 5.97 Å². The Bertz CT molecular complexity index is 551. The van der Waals surface area contributed by atoms with Gasteiger partial charge in [0.15, 0.2) is 5.79 Å². The fourth-order valence-electron chi connectivity index (χ4n) is 2.65. The molecule has 0 amide bonds. The lowest BCUT2D eigenvalue weighted by atomic mass is 9.96. The van der Waals surface area contributed by atoms with Crippen LogP contribution in [-0.2, 0) is 14.2 Å². The first-order valence-corrected chi connectivity index (χ1v) is 6.94.